The highest BCUT2D eigenvalue weighted by Gasteiger charge is 2.16. The Balaban J connectivity index is 2.18. The third-order valence-corrected chi connectivity index (χ3v) is 4.23. The quantitative estimate of drug-likeness (QED) is 0.791. The van der Waals surface area contributed by atoms with Gasteiger partial charge in [0.25, 0.3) is 5.91 Å². The molecule has 1 N–H and O–H groups in total. The van der Waals surface area contributed by atoms with Gasteiger partial charge in [0, 0.05) is 4.47 Å². The van der Waals surface area contributed by atoms with Crippen LogP contribution in [0.2, 0.25) is 5.02 Å². The predicted molar refractivity (Wildman–Crippen MR) is 92.6 cm³/mol. The Bertz CT molecular complexity index is 658. The Morgan fingerprint density at radius 3 is 2.55 bits per heavy atom. The van der Waals surface area contributed by atoms with Crippen LogP contribution in [0.5, 0.6) is 5.75 Å². The monoisotopic (exact) mass is 381 g/mol. The molecule has 2 aromatic carbocycles. The first-order chi connectivity index (χ1) is 10.5. The number of carbonyl (C=O) groups excluding carboxylic acids is 1. The maximum absolute atomic E-state index is 12.4. The van der Waals surface area contributed by atoms with Crippen LogP contribution in [0.1, 0.15) is 35.3 Å². The molecule has 0 aliphatic heterocycles. The molecule has 0 heterocycles. The zero-order chi connectivity index (χ0) is 16.1. The minimum atomic E-state index is -0.186. The molecule has 22 heavy (non-hydrogen) atoms. The smallest absolute Gasteiger partial charge is 0.253 e. The molecule has 116 valence electrons. The van der Waals surface area contributed by atoms with Crippen LogP contribution in [0.25, 0.3) is 0 Å². The van der Waals surface area contributed by atoms with Crippen molar-refractivity contribution in [3.05, 3.63) is 63.1 Å². The van der Waals surface area contributed by atoms with E-state index in [-0.39, 0.29) is 11.9 Å². The topological polar surface area (TPSA) is 38.3 Å². The fourth-order valence-corrected chi connectivity index (χ4v) is 2.73. The average Bonchev–Trinajstić information content (AvgIpc) is 2.54. The maximum Gasteiger partial charge on any atom is 0.253 e. The van der Waals surface area contributed by atoms with Gasteiger partial charge in [-0.05, 0) is 42.3 Å². The standard InChI is InChI=1S/C17H17BrClNO2/c1-3-16(11-4-7-13(22-2)8-5-11)20-17(21)14-10-12(18)6-9-15(14)19/h4-10,16H,3H2,1-2H3,(H,20,21). The average molecular weight is 383 g/mol. The lowest BCUT2D eigenvalue weighted by Crippen LogP contribution is -2.28. The van der Waals surface area contributed by atoms with Crippen LogP contribution >= 0.6 is 27.5 Å². The van der Waals surface area contributed by atoms with Crippen molar-refractivity contribution in [2.24, 2.45) is 0 Å². The van der Waals surface area contributed by atoms with Crippen LogP contribution in [0, 0.1) is 0 Å². The molecule has 3 nitrogen and oxygen atoms in total. The van der Waals surface area contributed by atoms with E-state index in [0.29, 0.717) is 10.6 Å². The molecule has 2 rings (SSSR count). The molecule has 1 unspecified atom stereocenters. The molecule has 0 aliphatic rings. The normalized spacial score (nSPS) is 11.8. The molecule has 0 spiro atoms. The number of ether oxygens (including phenoxy) is 1. The van der Waals surface area contributed by atoms with Crippen molar-refractivity contribution in [3.8, 4) is 5.75 Å². The molecule has 0 radical (unpaired) electrons. The number of hydrogen-bond acceptors (Lipinski definition) is 2. The number of halogens is 2. The van der Waals surface area contributed by atoms with Crippen molar-refractivity contribution in [2.75, 3.05) is 7.11 Å². The van der Waals surface area contributed by atoms with E-state index in [1.165, 1.54) is 0 Å². The highest BCUT2D eigenvalue weighted by atomic mass is 79.9. The Morgan fingerprint density at radius 2 is 1.95 bits per heavy atom. The number of carbonyl (C=O) groups is 1. The van der Waals surface area contributed by atoms with E-state index >= 15 is 0 Å². The lowest BCUT2D eigenvalue weighted by atomic mass is 10.0. The zero-order valence-electron chi connectivity index (χ0n) is 12.4. The first kappa shape index (κ1) is 16.8. The van der Waals surface area contributed by atoms with Crippen LogP contribution in [-0.2, 0) is 0 Å². The Morgan fingerprint density at radius 1 is 1.27 bits per heavy atom. The van der Waals surface area contributed by atoms with Crippen LogP contribution in [-0.4, -0.2) is 13.0 Å². The van der Waals surface area contributed by atoms with Gasteiger partial charge in [-0.15, -0.1) is 0 Å². The van der Waals surface area contributed by atoms with E-state index in [4.69, 9.17) is 16.3 Å². The van der Waals surface area contributed by atoms with Gasteiger partial charge in [-0.3, -0.25) is 4.79 Å². The van der Waals surface area contributed by atoms with E-state index in [1.54, 1.807) is 25.3 Å². The summed E-state index contributed by atoms with van der Waals surface area (Å²) in [5.41, 5.74) is 1.49. The second-order valence-corrected chi connectivity index (χ2v) is 6.15. The van der Waals surface area contributed by atoms with Crippen molar-refractivity contribution in [1.82, 2.24) is 5.32 Å². The van der Waals surface area contributed by atoms with Crippen molar-refractivity contribution in [1.29, 1.82) is 0 Å². The summed E-state index contributed by atoms with van der Waals surface area (Å²) in [7, 11) is 1.63. The molecule has 1 atom stereocenters. The minimum Gasteiger partial charge on any atom is -0.497 e. The summed E-state index contributed by atoms with van der Waals surface area (Å²) in [6.07, 6.45) is 0.781. The lowest BCUT2D eigenvalue weighted by Gasteiger charge is -2.18. The number of amides is 1. The first-order valence-corrected chi connectivity index (χ1v) is 8.12. The van der Waals surface area contributed by atoms with Gasteiger partial charge in [-0.25, -0.2) is 0 Å². The zero-order valence-corrected chi connectivity index (χ0v) is 14.7. The summed E-state index contributed by atoms with van der Waals surface area (Å²) in [6, 6.07) is 12.8. The van der Waals surface area contributed by atoms with Crippen LogP contribution in [0.15, 0.2) is 46.9 Å². The van der Waals surface area contributed by atoms with Crippen molar-refractivity contribution >= 4 is 33.4 Å². The van der Waals surface area contributed by atoms with Gasteiger partial charge in [0.1, 0.15) is 5.75 Å². The van der Waals surface area contributed by atoms with E-state index in [1.807, 2.05) is 31.2 Å². The summed E-state index contributed by atoms with van der Waals surface area (Å²) < 4.78 is 5.97. The van der Waals surface area contributed by atoms with Gasteiger partial charge in [-0.1, -0.05) is 46.6 Å². The number of methoxy groups -OCH3 is 1. The number of nitrogens with one attached hydrogen (secondary N) is 1. The lowest BCUT2D eigenvalue weighted by molar-refractivity contribution is 0.0935. The van der Waals surface area contributed by atoms with Gasteiger partial charge in [-0.2, -0.15) is 0 Å². The van der Waals surface area contributed by atoms with E-state index in [0.717, 1.165) is 22.2 Å². The summed E-state index contributed by atoms with van der Waals surface area (Å²) >= 11 is 9.46. The van der Waals surface area contributed by atoms with Crippen molar-refractivity contribution in [3.63, 3.8) is 0 Å². The van der Waals surface area contributed by atoms with Crippen molar-refractivity contribution < 1.29 is 9.53 Å². The van der Waals surface area contributed by atoms with Gasteiger partial charge in [0.05, 0.1) is 23.7 Å². The van der Waals surface area contributed by atoms with Crippen LogP contribution < -0.4 is 10.1 Å². The fourth-order valence-electron chi connectivity index (χ4n) is 2.16. The summed E-state index contributed by atoms with van der Waals surface area (Å²) in [6.45, 7) is 2.03. The van der Waals surface area contributed by atoms with Crippen LogP contribution in [0.3, 0.4) is 0 Å². The molecule has 2 aromatic rings. The van der Waals surface area contributed by atoms with Gasteiger partial charge in [0.2, 0.25) is 0 Å². The SMILES string of the molecule is CCC(NC(=O)c1cc(Br)ccc1Cl)c1ccc(OC)cc1. The number of rotatable bonds is 5. The molecule has 0 saturated heterocycles. The number of hydrogen-bond donors (Lipinski definition) is 1. The number of benzene rings is 2. The second-order valence-electron chi connectivity index (χ2n) is 4.83. The minimum absolute atomic E-state index is 0.0755. The van der Waals surface area contributed by atoms with E-state index in [9.17, 15) is 4.79 Å². The fraction of sp³-hybridized carbons (Fsp3) is 0.235. The highest BCUT2D eigenvalue weighted by molar-refractivity contribution is 9.10. The highest BCUT2D eigenvalue weighted by Crippen LogP contribution is 2.24. The Kier molecular flexibility index (Phi) is 5.86. The van der Waals surface area contributed by atoms with E-state index < -0.39 is 0 Å². The summed E-state index contributed by atoms with van der Waals surface area (Å²) in [4.78, 5) is 12.4. The van der Waals surface area contributed by atoms with Crippen LogP contribution in [0.4, 0.5) is 0 Å². The Labute approximate surface area is 143 Å². The van der Waals surface area contributed by atoms with E-state index in [2.05, 4.69) is 21.2 Å². The maximum atomic E-state index is 12.4. The summed E-state index contributed by atoms with van der Waals surface area (Å²) in [5.74, 6) is 0.605. The first-order valence-electron chi connectivity index (χ1n) is 6.95. The predicted octanol–water partition coefficient (Wildman–Crippen LogP) is 4.99. The van der Waals surface area contributed by atoms with Gasteiger partial charge < -0.3 is 10.1 Å². The third-order valence-electron chi connectivity index (χ3n) is 3.40. The Hall–Kier alpha value is -1.52. The third kappa shape index (κ3) is 4.02. The van der Waals surface area contributed by atoms with Gasteiger partial charge in [0.15, 0.2) is 0 Å². The molecule has 0 aromatic heterocycles. The molecule has 0 fully saturated rings. The molecule has 5 heteroatoms. The van der Waals surface area contributed by atoms with Crippen molar-refractivity contribution in [2.45, 2.75) is 19.4 Å². The molecule has 0 bridgehead atoms. The molecular weight excluding hydrogens is 366 g/mol. The molecular formula is C17H17BrClNO2. The largest absolute Gasteiger partial charge is 0.497 e. The summed E-state index contributed by atoms with van der Waals surface area (Å²) in [5, 5.41) is 3.46. The molecule has 0 aliphatic carbocycles. The second kappa shape index (κ2) is 7.65. The molecule has 0 saturated carbocycles. The van der Waals surface area contributed by atoms with Gasteiger partial charge >= 0.3 is 0 Å². The molecule has 1 amide bonds.